The van der Waals surface area contributed by atoms with Crippen LogP contribution in [0.2, 0.25) is 5.02 Å². The SMILES string of the molecule is CN(C)CC1(COc2nc(N3CC4CCC(C3)N4)c3cnc(-c4cccc5cccc(Cl)c45)nc3n2)CC1. The van der Waals surface area contributed by atoms with Crippen LogP contribution in [0.1, 0.15) is 25.7 Å². The lowest BCUT2D eigenvalue weighted by Crippen LogP contribution is -2.51. The molecule has 2 bridgehead atoms. The van der Waals surface area contributed by atoms with Crippen LogP contribution in [0.4, 0.5) is 5.82 Å². The van der Waals surface area contributed by atoms with Gasteiger partial charge in [0.25, 0.3) is 0 Å². The van der Waals surface area contributed by atoms with Crippen LogP contribution < -0.4 is 15.0 Å². The lowest BCUT2D eigenvalue weighted by atomic mass is 10.0. The number of aromatic nitrogens is 4. The molecule has 0 amide bonds. The van der Waals surface area contributed by atoms with E-state index < -0.39 is 0 Å². The Kier molecular flexibility index (Phi) is 5.87. The molecule has 3 fully saturated rings. The number of rotatable bonds is 7. The number of ether oxygens (including phenoxy) is 1. The second-order valence-electron chi connectivity index (χ2n) is 11.5. The van der Waals surface area contributed by atoms with Crippen molar-refractivity contribution in [3.05, 3.63) is 47.6 Å². The highest BCUT2D eigenvalue weighted by molar-refractivity contribution is 6.36. The lowest BCUT2D eigenvalue weighted by Gasteiger charge is -2.34. The van der Waals surface area contributed by atoms with Crippen LogP contribution in [-0.4, -0.2) is 77.3 Å². The normalized spacial score (nSPS) is 21.9. The zero-order valence-corrected chi connectivity index (χ0v) is 22.6. The molecule has 2 unspecified atom stereocenters. The number of halogens is 1. The molecule has 7 rings (SSSR count). The van der Waals surface area contributed by atoms with E-state index in [0.717, 1.165) is 47.2 Å². The number of hydrogen-bond acceptors (Lipinski definition) is 8. The average Bonchev–Trinajstić information content (AvgIpc) is 3.59. The molecule has 4 heterocycles. The maximum absolute atomic E-state index is 6.62. The molecule has 2 saturated heterocycles. The fourth-order valence-corrected chi connectivity index (χ4v) is 6.47. The van der Waals surface area contributed by atoms with Crippen molar-refractivity contribution in [1.82, 2.24) is 30.2 Å². The first-order valence-electron chi connectivity index (χ1n) is 13.5. The monoisotopic (exact) mass is 529 g/mol. The Balaban J connectivity index is 1.31. The molecule has 9 heteroatoms. The van der Waals surface area contributed by atoms with Crippen molar-refractivity contribution in [2.24, 2.45) is 5.41 Å². The van der Waals surface area contributed by atoms with Gasteiger partial charge >= 0.3 is 6.01 Å². The van der Waals surface area contributed by atoms with Crippen molar-refractivity contribution in [1.29, 1.82) is 0 Å². The molecule has 4 aromatic rings. The van der Waals surface area contributed by atoms with Gasteiger partial charge < -0.3 is 19.9 Å². The van der Waals surface area contributed by atoms with Gasteiger partial charge in [0.15, 0.2) is 11.5 Å². The molecule has 0 spiro atoms. The number of benzene rings is 2. The summed E-state index contributed by atoms with van der Waals surface area (Å²) in [7, 11) is 4.22. The van der Waals surface area contributed by atoms with Gasteiger partial charge in [-0.05, 0) is 51.2 Å². The van der Waals surface area contributed by atoms with Gasteiger partial charge in [-0.1, -0.05) is 41.9 Å². The average molecular weight is 530 g/mol. The molecule has 0 radical (unpaired) electrons. The van der Waals surface area contributed by atoms with Crippen molar-refractivity contribution < 1.29 is 4.74 Å². The molecule has 2 aromatic carbocycles. The fraction of sp³-hybridized carbons (Fsp3) is 0.448. The van der Waals surface area contributed by atoms with Crippen LogP contribution in [0.25, 0.3) is 33.2 Å². The van der Waals surface area contributed by atoms with E-state index in [0.29, 0.717) is 41.2 Å². The summed E-state index contributed by atoms with van der Waals surface area (Å²) in [5.74, 6) is 1.46. The van der Waals surface area contributed by atoms with Crippen molar-refractivity contribution in [3.63, 3.8) is 0 Å². The first kappa shape index (κ1) is 24.0. The highest BCUT2D eigenvalue weighted by atomic mass is 35.5. The van der Waals surface area contributed by atoms with Gasteiger partial charge in [0.2, 0.25) is 0 Å². The van der Waals surface area contributed by atoms with E-state index >= 15 is 0 Å². The van der Waals surface area contributed by atoms with Crippen molar-refractivity contribution in [2.75, 3.05) is 45.2 Å². The van der Waals surface area contributed by atoms with E-state index in [1.165, 1.54) is 25.7 Å². The number of nitrogens with one attached hydrogen (secondary N) is 1. The van der Waals surface area contributed by atoms with E-state index in [-0.39, 0.29) is 5.41 Å². The van der Waals surface area contributed by atoms with E-state index in [4.69, 9.17) is 36.3 Å². The Morgan fingerprint density at radius 3 is 2.55 bits per heavy atom. The minimum Gasteiger partial charge on any atom is -0.463 e. The number of anilines is 1. The summed E-state index contributed by atoms with van der Waals surface area (Å²) in [6.45, 7) is 3.43. The van der Waals surface area contributed by atoms with Gasteiger partial charge in [-0.15, -0.1) is 0 Å². The van der Waals surface area contributed by atoms with Crippen molar-refractivity contribution >= 4 is 39.2 Å². The second kappa shape index (κ2) is 9.29. The second-order valence-corrected chi connectivity index (χ2v) is 11.9. The molecule has 3 aliphatic rings. The maximum atomic E-state index is 6.62. The molecule has 2 atom stereocenters. The Morgan fingerprint density at radius 2 is 1.82 bits per heavy atom. The molecule has 8 nitrogen and oxygen atoms in total. The van der Waals surface area contributed by atoms with E-state index in [9.17, 15) is 0 Å². The summed E-state index contributed by atoms with van der Waals surface area (Å²) >= 11 is 6.62. The number of piperazine rings is 1. The first-order chi connectivity index (χ1) is 18.5. The number of hydrogen-bond donors (Lipinski definition) is 1. The van der Waals surface area contributed by atoms with Crippen molar-refractivity contribution in [2.45, 2.75) is 37.8 Å². The molecule has 1 saturated carbocycles. The fourth-order valence-electron chi connectivity index (χ4n) is 6.18. The smallest absolute Gasteiger partial charge is 0.320 e. The maximum Gasteiger partial charge on any atom is 0.320 e. The third-order valence-electron chi connectivity index (χ3n) is 8.14. The molecule has 1 N–H and O–H groups in total. The van der Waals surface area contributed by atoms with Crippen LogP contribution in [0.5, 0.6) is 6.01 Å². The standard InChI is InChI=1S/C29H32ClN7O/c1-36(2)16-29(11-12-29)17-38-28-34-26-22(27(35-28)37-14-19-9-10-20(15-37)32-19)13-31-25(33-26)21-7-3-5-18-6-4-8-23(30)24(18)21/h3-8,13,19-20,32H,9-12,14-17H2,1-2H3. The van der Waals surface area contributed by atoms with Crippen LogP contribution in [0.15, 0.2) is 42.6 Å². The molecular weight excluding hydrogens is 498 g/mol. The summed E-state index contributed by atoms with van der Waals surface area (Å²) in [6, 6.07) is 13.4. The van der Waals surface area contributed by atoms with Gasteiger partial charge in [0.05, 0.1) is 12.0 Å². The van der Waals surface area contributed by atoms with Crippen LogP contribution in [-0.2, 0) is 0 Å². The van der Waals surface area contributed by atoms with Crippen LogP contribution >= 0.6 is 11.6 Å². The van der Waals surface area contributed by atoms with E-state index in [1.807, 2.05) is 30.5 Å². The highest BCUT2D eigenvalue weighted by Crippen LogP contribution is 2.46. The summed E-state index contributed by atoms with van der Waals surface area (Å²) < 4.78 is 6.31. The quantitative estimate of drug-likeness (QED) is 0.373. The topological polar surface area (TPSA) is 79.3 Å². The van der Waals surface area contributed by atoms with Crippen molar-refractivity contribution in [3.8, 4) is 17.4 Å². The summed E-state index contributed by atoms with van der Waals surface area (Å²) in [5, 5.41) is 7.24. The lowest BCUT2D eigenvalue weighted by molar-refractivity contribution is 0.183. The van der Waals surface area contributed by atoms with Gasteiger partial charge in [-0.3, -0.25) is 0 Å². The minimum absolute atomic E-state index is 0.187. The third-order valence-corrected chi connectivity index (χ3v) is 8.45. The Bertz CT molecular complexity index is 1500. The first-order valence-corrected chi connectivity index (χ1v) is 13.9. The largest absolute Gasteiger partial charge is 0.463 e. The summed E-state index contributed by atoms with van der Waals surface area (Å²) in [6.07, 6.45) is 6.60. The summed E-state index contributed by atoms with van der Waals surface area (Å²) in [5.41, 5.74) is 1.68. The van der Waals surface area contributed by atoms with Gasteiger partial charge in [0, 0.05) is 59.3 Å². The third kappa shape index (κ3) is 4.44. The highest BCUT2D eigenvalue weighted by Gasteiger charge is 2.44. The zero-order valence-electron chi connectivity index (χ0n) is 21.8. The molecule has 2 aliphatic heterocycles. The number of nitrogens with zero attached hydrogens (tertiary/aromatic N) is 6. The van der Waals surface area contributed by atoms with Crippen LogP contribution in [0, 0.1) is 5.41 Å². The predicted octanol–water partition coefficient (Wildman–Crippen LogP) is 4.55. The Morgan fingerprint density at radius 1 is 1.05 bits per heavy atom. The number of fused-ring (bicyclic) bond motifs is 4. The van der Waals surface area contributed by atoms with Gasteiger partial charge in [-0.25, -0.2) is 9.97 Å². The zero-order chi connectivity index (χ0) is 25.9. The van der Waals surface area contributed by atoms with Gasteiger partial charge in [0.1, 0.15) is 5.82 Å². The molecule has 38 heavy (non-hydrogen) atoms. The molecule has 2 aromatic heterocycles. The minimum atomic E-state index is 0.187. The molecule has 1 aliphatic carbocycles. The molecule has 196 valence electrons. The summed E-state index contributed by atoms with van der Waals surface area (Å²) in [4.78, 5) is 24.1. The predicted molar refractivity (Wildman–Crippen MR) is 151 cm³/mol. The van der Waals surface area contributed by atoms with E-state index in [1.54, 1.807) is 0 Å². The van der Waals surface area contributed by atoms with Crippen LogP contribution in [0.3, 0.4) is 0 Å². The Labute approximate surface area is 227 Å². The Hall–Kier alpha value is -3.07. The molecular formula is C29H32ClN7O. The van der Waals surface area contributed by atoms with E-state index in [2.05, 4.69) is 41.3 Å². The van der Waals surface area contributed by atoms with Gasteiger partial charge in [-0.2, -0.15) is 9.97 Å².